The SMILES string of the molecule is O=C(COc1ccc(C2CCCCC2)cc1)NC(=S)Nc1ccc(CN2CCOCC2)cc1. The summed E-state index contributed by atoms with van der Waals surface area (Å²) in [5.41, 5.74) is 3.44. The number of carbonyl (C=O) groups excluding carboxylic acids is 1. The second-order valence-electron chi connectivity index (χ2n) is 8.78. The number of morpholine rings is 1. The topological polar surface area (TPSA) is 62.8 Å². The second-order valence-corrected chi connectivity index (χ2v) is 9.19. The van der Waals surface area contributed by atoms with Crippen LogP contribution in [0.1, 0.15) is 49.1 Å². The Bertz CT molecular complexity index is 905. The molecule has 2 aromatic carbocycles. The summed E-state index contributed by atoms with van der Waals surface area (Å²) in [6.45, 7) is 4.34. The van der Waals surface area contributed by atoms with Gasteiger partial charge in [0, 0.05) is 25.3 Å². The number of ether oxygens (including phenoxy) is 2. The molecule has 1 aliphatic heterocycles. The average Bonchev–Trinajstić information content (AvgIpc) is 2.85. The lowest BCUT2D eigenvalue weighted by molar-refractivity contribution is -0.121. The van der Waals surface area contributed by atoms with Crippen LogP contribution in [0.4, 0.5) is 5.69 Å². The van der Waals surface area contributed by atoms with Crippen molar-refractivity contribution in [2.75, 3.05) is 38.2 Å². The van der Waals surface area contributed by atoms with Crippen LogP contribution < -0.4 is 15.4 Å². The third kappa shape index (κ3) is 7.52. The largest absolute Gasteiger partial charge is 0.484 e. The standard InChI is InChI=1S/C26H33N3O3S/c30-25(19-32-24-12-8-22(9-13-24)21-4-2-1-3-5-21)28-26(33)27-23-10-6-20(7-11-23)18-29-14-16-31-17-15-29/h6-13,21H,1-5,14-19H2,(H2,27,28,30,33). The maximum absolute atomic E-state index is 12.2. The third-order valence-corrected chi connectivity index (χ3v) is 6.51. The van der Waals surface area contributed by atoms with Crippen LogP contribution in [0.25, 0.3) is 0 Å². The lowest BCUT2D eigenvalue weighted by atomic mass is 9.84. The molecule has 0 atom stereocenters. The minimum atomic E-state index is -0.284. The van der Waals surface area contributed by atoms with E-state index in [9.17, 15) is 4.79 Å². The Hall–Kier alpha value is -2.48. The summed E-state index contributed by atoms with van der Waals surface area (Å²) in [4.78, 5) is 14.6. The highest BCUT2D eigenvalue weighted by molar-refractivity contribution is 7.80. The van der Waals surface area contributed by atoms with Crippen molar-refractivity contribution in [3.63, 3.8) is 0 Å². The van der Waals surface area contributed by atoms with Gasteiger partial charge in [0.05, 0.1) is 13.2 Å². The van der Waals surface area contributed by atoms with Crippen molar-refractivity contribution in [1.82, 2.24) is 10.2 Å². The van der Waals surface area contributed by atoms with E-state index in [4.69, 9.17) is 21.7 Å². The molecule has 1 saturated carbocycles. The summed E-state index contributed by atoms with van der Waals surface area (Å²) in [6.07, 6.45) is 6.52. The molecule has 2 fully saturated rings. The molecular weight excluding hydrogens is 434 g/mol. The first-order valence-electron chi connectivity index (χ1n) is 11.9. The van der Waals surface area contributed by atoms with Crippen LogP contribution in [0.2, 0.25) is 0 Å². The maximum atomic E-state index is 12.2. The van der Waals surface area contributed by atoms with Crippen LogP contribution in [0.3, 0.4) is 0 Å². The Morgan fingerprint density at radius 2 is 1.70 bits per heavy atom. The highest BCUT2D eigenvalue weighted by atomic mass is 32.1. The summed E-state index contributed by atoms with van der Waals surface area (Å²) in [5, 5.41) is 5.99. The molecule has 0 spiro atoms. The monoisotopic (exact) mass is 467 g/mol. The van der Waals surface area contributed by atoms with Crippen LogP contribution in [0.5, 0.6) is 5.75 Å². The van der Waals surface area contributed by atoms with Crippen molar-refractivity contribution >= 4 is 28.9 Å². The van der Waals surface area contributed by atoms with Gasteiger partial charge in [0.2, 0.25) is 0 Å². The lowest BCUT2D eigenvalue weighted by Crippen LogP contribution is -2.37. The molecule has 0 radical (unpaired) electrons. The van der Waals surface area contributed by atoms with E-state index in [1.165, 1.54) is 43.2 Å². The Morgan fingerprint density at radius 3 is 2.39 bits per heavy atom. The molecule has 2 aliphatic rings. The molecule has 0 bridgehead atoms. The van der Waals surface area contributed by atoms with Crippen LogP contribution >= 0.6 is 12.2 Å². The maximum Gasteiger partial charge on any atom is 0.264 e. The zero-order valence-electron chi connectivity index (χ0n) is 19.1. The fourth-order valence-corrected chi connectivity index (χ4v) is 4.69. The first kappa shape index (κ1) is 23.7. The van der Waals surface area contributed by atoms with E-state index in [1.807, 2.05) is 24.3 Å². The van der Waals surface area contributed by atoms with Crippen molar-refractivity contribution in [2.45, 2.75) is 44.6 Å². The number of nitrogens with zero attached hydrogens (tertiary/aromatic N) is 1. The van der Waals surface area contributed by atoms with Gasteiger partial charge in [-0.2, -0.15) is 0 Å². The highest BCUT2D eigenvalue weighted by Crippen LogP contribution is 2.33. The second kappa shape index (κ2) is 12.1. The molecule has 2 aromatic rings. The summed E-state index contributed by atoms with van der Waals surface area (Å²) in [6, 6.07) is 16.2. The summed E-state index contributed by atoms with van der Waals surface area (Å²) in [5.74, 6) is 1.07. The number of hydrogen-bond donors (Lipinski definition) is 2. The molecule has 0 aromatic heterocycles. The van der Waals surface area contributed by atoms with Gasteiger partial charge in [-0.25, -0.2) is 0 Å². The van der Waals surface area contributed by atoms with Crippen LogP contribution in [0, 0.1) is 0 Å². The van der Waals surface area contributed by atoms with Gasteiger partial charge in [-0.1, -0.05) is 43.5 Å². The molecule has 176 valence electrons. The summed E-state index contributed by atoms with van der Waals surface area (Å²) < 4.78 is 11.0. The minimum absolute atomic E-state index is 0.0803. The van der Waals surface area contributed by atoms with Gasteiger partial charge in [-0.15, -0.1) is 0 Å². The number of rotatable bonds is 7. The molecule has 7 heteroatoms. The van der Waals surface area contributed by atoms with Crippen molar-refractivity contribution in [1.29, 1.82) is 0 Å². The van der Waals surface area contributed by atoms with Crippen molar-refractivity contribution < 1.29 is 14.3 Å². The van der Waals surface area contributed by atoms with E-state index < -0.39 is 0 Å². The number of amides is 1. The number of benzene rings is 2. The van der Waals surface area contributed by atoms with Gasteiger partial charge in [0.15, 0.2) is 11.7 Å². The normalized spacial score (nSPS) is 17.3. The first-order valence-corrected chi connectivity index (χ1v) is 12.3. The number of nitrogens with one attached hydrogen (secondary N) is 2. The minimum Gasteiger partial charge on any atom is -0.484 e. The van der Waals surface area contributed by atoms with Gasteiger partial charge in [-0.05, 0) is 66.4 Å². The van der Waals surface area contributed by atoms with E-state index in [-0.39, 0.29) is 17.6 Å². The van der Waals surface area contributed by atoms with E-state index in [2.05, 4.69) is 39.8 Å². The predicted octanol–water partition coefficient (Wildman–Crippen LogP) is 4.46. The van der Waals surface area contributed by atoms with E-state index in [1.54, 1.807) is 0 Å². The molecule has 1 aliphatic carbocycles. The quantitative estimate of drug-likeness (QED) is 0.587. The van der Waals surface area contributed by atoms with Crippen molar-refractivity contribution in [3.05, 3.63) is 59.7 Å². The van der Waals surface area contributed by atoms with Gasteiger partial charge < -0.3 is 14.8 Å². The fraction of sp³-hybridized carbons (Fsp3) is 0.462. The molecule has 4 rings (SSSR count). The molecule has 1 saturated heterocycles. The number of hydrogen-bond acceptors (Lipinski definition) is 5. The number of carbonyl (C=O) groups is 1. The number of thiocarbonyl (C=S) groups is 1. The first-order chi connectivity index (χ1) is 16.2. The van der Waals surface area contributed by atoms with Crippen molar-refractivity contribution in [2.24, 2.45) is 0 Å². The van der Waals surface area contributed by atoms with Crippen LogP contribution in [-0.4, -0.2) is 48.8 Å². The Labute approximate surface area is 201 Å². The molecular formula is C26H33N3O3S. The Morgan fingerprint density at radius 1 is 1.00 bits per heavy atom. The molecule has 6 nitrogen and oxygen atoms in total. The zero-order chi connectivity index (χ0) is 22.9. The fourth-order valence-electron chi connectivity index (χ4n) is 4.46. The lowest BCUT2D eigenvalue weighted by Gasteiger charge is -2.26. The predicted molar refractivity (Wildman–Crippen MR) is 135 cm³/mol. The zero-order valence-corrected chi connectivity index (χ0v) is 19.9. The van der Waals surface area contributed by atoms with E-state index in [0.717, 1.165) is 38.5 Å². The Kier molecular flexibility index (Phi) is 8.69. The van der Waals surface area contributed by atoms with Crippen molar-refractivity contribution in [3.8, 4) is 5.75 Å². The molecule has 0 unspecified atom stereocenters. The number of anilines is 1. The van der Waals surface area contributed by atoms with Gasteiger partial charge in [-0.3, -0.25) is 15.0 Å². The van der Waals surface area contributed by atoms with Crippen LogP contribution in [-0.2, 0) is 16.1 Å². The molecule has 33 heavy (non-hydrogen) atoms. The van der Waals surface area contributed by atoms with Gasteiger partial charge in [0.1, 0.15) is 5.75 Å². The molecule has 1 heterocycles. The average molecular weight is 468 g/mol. The van der Waals surface area contributed by atoms with E-state index >= 15 is 0 Å². The van der Waals surface area contributed by atoms with Gasteiger partial charge >= 0.3 is 0 Å². The Balaban J connectivity index is 1.17. The summed E-state index contributed by atoms with van der Waals surface area (Å²) in [7, 11) is 0. The summed E-state index contributed by atoms with van der Waals surface area (Å²) >= 11 is 5.28. The smallest absolute Gasteiger partial charge is 0.264 e. The van der Waals surface area contributed by atoms with Gasteiger partial charge in [0.25, 0.3) is 5.91 Å². The van der Waals surface area contributed by atoms with E-state index in [0.29, 0.717) is 11.7 Å². The third-order valence-electron chi connectivity index (χ3n) is 6.30. The highest BCUT2D eigenvalue weighted by Gasteiger charge is 2.15. The molecule has 1 amide bonds. The van der Waals surface area contributed by atoms with Crippen LogP contribution in [0.15, 0.2) is 48.5 Å². The molecule has 2 N–H and O–H groups in total.